The Kier molecular flexibility index (Phi) is 3.64. The zero-order valence-corrected chi connectivity index (χ0v) is 13.0. The molecule has 0 unspecified atom stereocenters. The lowest BCUT2D eigenvalue weighted by Crippen LogP contribution is -2.41. The minimum Gasteiger partial charge on any atom is -0.375 e. The number of benzene rings is 1. The highest BCUT2D eigenvalue weighted by molar-refractivity contribution is 5.95. The third kappa shape index (κ3) is 2.89. The number of amides is 1. The largest absolute Gasteiger partial charge is 0.375 e. The van der Waals surface area contributed by atoms with Crippen LogP contribution >= 0.6 is 0 Å². The van der Waals surface area contributed by atoms with Gasteiger partial charge in [-0.3, -0.25) is 4.79 Å². The van der Waals surface area contributed by atoms with Crippen LogP contribution in [-0.4, -0.2) is 37.0 Å². The highest BCUT2D eigenvalue weighted by Crippen LogP contribution is 2.40. The van der Waals surface area contributed by atoms with Gasteiger partial charge in [-0.25, -0.2) is 4.39 Å². The smallest absolute Gasteiger partial charge is 0.254 e. The van der Waals surface area contributed by atoms with Crippen molar-refractivity contribution >= 4 is 11.6 Å². The molecule has 3 rings (SSSR count). The first kappa shape index (κ1) is 14.4. The molecule has 114 valence electrons. The predicted molar refractivity (Wildman–Crippen MR) is 82.1 cm³/mol. The van der Waals surface area contributed by atoms with Crippen LogP contribution in [0.1, 0.15) is 43.0 Å². The van der Waals surface area contributed by atoms with Crippen LogP contribution in [0.15, 0.2) is 18.2 Å². The lowest BCUT2D eigenvalue weighted by molar-refractivity contribution is 0.0653. The van der Waals surface area contributed by atoms with E-state index in [1.807, 2.05) is 4.90 Å². The van der Waals surface area contributed by atoms with Crippen molar-refractivity contribution in [2.45, 2.75) is 44.7 Å². The maximum absolute atomic E-state index is 14.1. The molecule has 0 spiro atoms. The standard InChI is InChI=1S/C17H23FN2O/c1-11(12-4-5-12)20(14-7-8-14)17(21)13-6-9-16(19(2)3)15(18)10-13/h6,9-12,14H,4-5,7-8H2,1-3H3/t11-/m0/s1. The Morgan fingerprint density at radius 3 is 2.38 bits per heavy atom. The van der Waals surface area contributed by atoms with Crippen LogP contribution in [0.3, 0.4) is 0 Å². The third-order valence-corrected chi connectivity index (χ3v) is 4.59. The van der Waals surface area contributed by atoms with Gasteiger partial charge in [0.1, 0.15) is 5.82 Å². The van der Waals surface area contributed by atoms with Crippen LogP contribution in [0.25, 0.3) is 0 Å². The van der Waals surface area contributed by atoms with Gasteiger partial charge in [0.2, 0.25) is 0 Å². The number of hydrogen-bond donors (Lipinski definition) is 0. The Bertz CT molecular complexity index is 550. The van der Waals surface area contributed by atoms with E-state index in [2.05, 4.69) is 6.92 Å². The van der Waals surface area contributed by atoms with Crippen molar-refractivity contribution < 1.29 is 9.18 Å². The number of carbonyl (C=O) groups excluding carboxylic acids is 1. The molecule has 0 aliphatic heterocycles. The lowest BCUT2D eigenvalue weighted by atomic mass is 10.1. The Labute approximate surface area is 125 Å². The summed E-state index contributed by atoms with van der Waals surface area (Å²) in [5, 5.41) is 0. The fourth-order valence-corrected chi connectivity index (χ4v) is 2.99. The van der Waals surface area contributed by atoms with Crippen molar-refractivity contribution in [2.24, 2.45) is 5.92 Å². The quantitative estimate of drug-likeness (QED) is 0.830. The number of carbonyl (C=O) groups is 1. The van der Waals surface area contributed by atoms with E-state index in [9.17, 15) is 9.18 Å². The molecule has 0 bridgehead atoms. The van der Waals surface area contributed by atoms with Gasteiger partial charge in [0.25, 0.3) is 5.91 Å². The Morgan fingerprint density at radius 1 is 1.24 bits per heavy atom. The summed E-state index contributed by atoms with van der Waals surface area (Å²) in [5.74, 6) is 0.294. The Morgan fingerprint density at radius 2 is 1.90 bits per heavy atom. The molecule has 3 nitrogen and oxygen atoms in total. The zero-order valence-electron chi connectivity index (χ0n) is 13.0. The second-order valence-corrected chi connectivity index (χ2v) is 6.58. The summed E-state index contributed by atoms with van der Waals surface area (Å²) in [4.78, 5) is 16.5. The summed E-state index contributed by atoms with van der Waals surface area (Å²) in [6, 6.07) is 5.46. The van der Waals surface area contributed by atoms with Crippen LogP contribution in [0, 0.1) is 11.7 Å². The molecule has 1 aromatic carbocycles. The minimum atomic E-state index is -0.333. The summed E-state index contributed by atoms with van der Waals surface area (Å²) in [5.41, 5.74) is 0.984. The van der Waals surface area contributed by atoms with E-state index < -0.39 is 0 Å². The normalized spacial score (nSPS) is 19.2. The Balaban J connectivity index is 1.84. The fourth-order valence-electron chi connectivity index (χ4n) is 2.99. The minimum absolute atomic E-state index is 0.0129. The van der Waals surface area contributed by atoms with Crippen LogP contribution in [-0.2, 0) is 0 Å². The number of nitrogens with zero attached hydrogens (tertiary/aromatic N) is 2. The first-order valence-corrected chi connectivity index (χ1v) is 7.78. The predicted octanol–water partition coefficient (Wildman–Crippen LogP) is 3.29. The lowest BCUT2D eigenvalue weighted by Gasteiger charge is -2.30. The van der Waals surface area contributed by atoms with Crippen LogP contribution < -0.4 is 4.90 Å². The molecule has 0 radical (unpaired) electrons. The third-order valence-electron chi connectivity index (χ3n) is 4.59. The first-order valence-electron chi connectivity index (χ1n) is 7.78. The van der Waals surface area contributed by atoms with Crippen LogP contribution in [0.2, 0.25) is 0 Å². The topological polar surface area (TPSA) is 23.6 Å². The van der Waals surface area contributed by atoms with Gasteiger partial charge in [-0.1, -0.05) is 0 Å². The van der Waals surface area contributed by atoms with E-state index in [1.165, 1.54) is 18.9 Å². The molecule has 0 heterocycles. The van der Waals surface area contributed by atoms with Gasteiger partial charge in [-0.2, -0.15) is 0 Å². The second-order valence-electron chi connectivity index (χ2n) is 6.58. The van der Waals surface area contributed by atoms with E-state index in [0.717, 1.165) is 12.8 Å². The summed E-state index contributed by atoms with van der Waals surface area (Å²) < 4.78 is 14.1. The van der Waals surface area contributed by atoms with Crippen molar-refractivity contribution in [1.29, 1.82) is 0 Å². The first-order chi connectivity index (χ1) is 9.99. The van der Waals surface area contributed by atoms with Gasteiger partial charge in [0.15, 0.2) is 0 Å². The molecule has 0 N–H and O–H groups in total. The molecule has 2 aliphatic rings. The van der Waals surface area contributed by atoms with Gasteiger partial charge < -0.3 is 9.80 Å². The molecular formula is C17H23FN2O. The molecule has 0 aromatic heterocycles. The molecule has 2 fully saturated rings. The molecule has 1 amide bonds. The van der Waals surface area contributed by atoms with E-state index in [0.29, 0.717) is 23.2 Å². The molecule has 21 heavy (non-hydrogen) atoms. The van der Waals surface area contributed by atoms with Gasteiger partial charge in [0.05, 0.1) is 5.69 Å². The van der Waals surface area contributed by atoms with E-state index >= 15 is 0 Å². The fraction of sp³-hybridized carbons (Fsp3) is 0.588. The summed E-state index contributed by atoms with van der Waals surface area (Å²) in [6.07, 6.45) is 4.60. The van der Waals surface area contributed by atoms with Crippen molar-refractivity contribution in [3.05, 3.63) is 29.6 Å². The van der Waals surface area contributed by atoms with Crippen molar-refractivity contribution in [2.75, 3.05) is 19.0 Å². The molecule has 2 aliphatic carbocycles. The van der Waals surface area contributed by atoms with Gasteiger partial charge in [0, 0.05) is 31.7 Å². The highest BCUT2D eigenvalue weighted by atomic mass is 19.1. The average molecular weight is 290 g/mol. The van der Waals surface area contributed by atoms with E-state index in [1.54, 1.807) is 31.1 Å². The van der Waals surface area contributed by atoms with Gasteiger partial charge in [-0.05, 0) is 56.7 Å². The van der Waals surface area contributed by atoms with E-state index in [-0.39, 0.29) is 17.8 Å². The summed E-state index contributed by atoms with van der Waals surface area (Å²) in [7, 11) is 3.59. The SMILES string of the molecule is C[C@@H](C1CC1)N(C(=O)c1ccc(N(C)C)c(F)c1)C1CC1. The monoisotopic (exact) mass is 290 g/mol. The van der Waals surface area contributed by atoms with Gasteiger partial charge >= 0.3 is 0 Å². The number of anilines is 1. The van der Waals surface area contributed by atoms with Crippen molar-refractivity contribution in [1.82, 2.24) is 4.90 Å². The Hall–Kier alpha value is -1.58. The van der Waals surface area contributed by atoms with Crippen molar-refractivity contribution in [3.8, 4) is 0 Å². The van der Waals surface area contributed by atoms with E-state index in [4.69, 9.17) is 0 Å². The zero-order chi connectivity index (χ0) is 15.1. The van der Waals surface area contributed by atoms with Crippen LogP contribution in [0.4, 0.5) is 10.1 Å². The summed E-state index contributed by atoms with van der Waals surface area (Å²) >= 11 is 0. The summed E-state index contributed by atoms with van der Waals surface area (Å²) in [6.45, 7) is 2.14. The van der Waals surface area contributed by atoms with Crippen molar-refractivity contribution in [3.63, 3.8) is 0 Å². The maximum Gasteiger partial charge on any atom is 0.254 e. The molecule has 1 atom stereocenters. The molecule has 0 saturated heterocycles. The average Bonchev–Trinajstić information content (AvgIpc) is 3.29. The second kappa shape index (κ2) is 5.32. The number of rotatable bonds is 5. The van der Waals surface area contributed by atoms with Crippen LogP contribution in [0.5, 0.6) is 0 Å². The maximum atomic E-state index is 14.1. The molecule has 1 aromatic rings. The number of hydrogen-bond acceptors (Lipinski definition) is 2. The van der Waals surface area contributed by atoms with Gasteiger partial charge in [-0.15, -0.1) is 0 Å². The highest BCUT2D eigenvalue weighted by Gasteiger charge is 2.41. The molecule has 4 heteroatoms. The molecule has 2 saturated carbocycles. The number of halogens is 1. The molecular weight excluding hydrogens is 267 g/mol.